The Morgan fingerprint density at radius 3 is 2.33 bits per heavy atom. The molecule has 4 aromatic carbocycles. The quantitative estimate of drug-likeness (QED) is 0.142. The highest BCUT2D eigenvalue weighted by atomic mass is 19.1. The van der Waals surface area contributed by atoms with E-state index in [1.54, 1.807) is 54.2 Å². The number of nitriles is 1. The molecule has 1 aromatic heterocycles. The van der Waals surface area contributed by atoms with E-state index in [-0.39, 0.29) is 30.1 Å². The molecule has 1 aliphatic rings. The zero-order valence-corrected chi connectivity index (χ0v) is 24.4. The fraction of sp³-hybridized carbons (Fsp3) is 0.0811. The summed E-state index contributed by atoms with van der Waals surface area (Å²) in [6.07, 6.45) is 3.48. The van der Waals surface area contributed by atoms with Gasteiger partial charge in [0.05, 0.1) is 12.2 Å². The van der Waals surface area contributed by atoms with Gasteiger partial charge >= 0.3 is 0 Å². The van der Waals surface area contributed by atoms with Crippen LogP contribution in [0.5, 0.6) is 5.75 Å². The van der Waals surface area contributed by atoms with Gasteiger partial charge in [0, 0.05) is 28.5 Å². The first kappa shape index (κ1) is 29.0. The number of para-hydroxylation sites is 1. The van der Waals surface area contributed by atoms with Crippen molar-refractivity contribution in [2.24, 2.45) is 0 Å². The third kappa shape index (κ3) is 6.05. The fourth-order valence-electron chi connectivity index (χ4n) is 5.13. The van der Waals surface area contributed by atoms with Crippen LogP contribution in [-0.2, 0) is 22.7 Å². The molecule has 0 radical (unpaired) electrons. The van der Waals surface area contributed by atoms with Crippen LogP contribution < -0.4 is 4.74 Å². The minimum atomic E-state index is -0.624. The molecule has 0 atom stereocenters. The van der Waals surface area contributed by atoms with Gasteiger partial charge in [-0.3, -0.25) is 14.5 Å². The van der Waals surface area contributed by atoms with E-state index in [9.17, 15) is 19.2 Å². The number of rotatable bonds is 8. The number of imide groups is 1. The van der Waals surface area contributed by atoms with E-state index in [1.165, 1.54) is 6.07 Å². The number of ether oxygens (including phenoxy) is 1. The van der Waals surface area contributed by atoms with E-state index < -0.39 is 11.8 Å². The van der Waals surface area contributed by atoms with Crippen molar-refractivity contribution in [1.82, 2.24) is 14.7 Å². The zero-order valence-electron chi connectivity index (χ0n) is 24.4. The summed E-state index contributed by atoms with van der Waals surface area (Å²) in [5.41, 5.74) is 4.29. The number of aromatic nitrogens is 2. The highest BCUT2D eigenvalue weighted by molar-refractivity contribution is 6.19. The van der Waals surface area contributed by atoms with Gasteiger partial charge in [0.25, 0.3) is 11.8 Å². The lowest BCUT2D eigenvalue weighted by Gasteiger charge is -2.27. The van der Waals surface area contributed by atoms with Crippen molar-refractivity contribution < 1.29 is 18.7 Å². The molecular weight excluding hydrogens is 567 g/mol. The lowest BCUT2D eigenvalue weighted by Crippen LogP contribution is -2.42. The standard InChI is InChI=1S/C37H27FN4O3/c1-25-32(36(43)41(37(44)33(25)21-39)22-26-11-4-2-5-12-26)20-29-23-42(30-15-6-3-7-16-30)40-35(29)27-14-10-17-31(19-27)45-24-28-13-8-9-18-34(28)38/h2-20,23H,22,24H2,1H3/b32-20+. The van der Waals surface area contributed by atoms with Crippen LogP contribution in [0, 0.1) is 17.1 Å². The molecular formula is C37H27FN4O3. The molecule has 45 heavy (non-hydrogen) atoms. The molecule has 0 unspecified atom stereocenters. The number of hydrogen-bond acceptors (Lipinski definition) is 5. The van der Waals surface area contributed by atoms with Crippen molar-refractivity contribution in [3.8, 4) is 28.8 Å². The van der Waals surface area contributed by atoms with Crippen LogP contribution in [0.3, 0.4) is 0 Å². The maximum atomic E-state index is 14.2. The van der Waals surface area contributed by atoms with Gasteiger partial charge in [0.15, 0.2) is 0 Å². The fourth-order valence-corrected chi connectivity index (χ4v) is 5.13. The monoisotopic (exact) mass is 594 g/mol. The van der Waals surface area contributed by atoms with Crippen molar-refractivity contribution in [2.45, 2.75) is 20.1 Å². The Hall–Kier alpha value is -6.07. The molecule has 0 fully saturated rings. The summed E-state index contributed by atoms with van der Waals surface area (Å²) >= 11 is 0. The highest BCUT2D eigenvalue weighted by Gasteiger charge is 2.35. The summed E-state index contributed by atoms with van der Waals surface area (Å²) in [7, 11) is 0. The van der Waals surface area contributed by atoms with Gasteiger partial charge in [0.2, 0.25) is 0 Å². The minimum absolute atomic E-state index is 0.0336. The van der Waals surface area contributed by atoms with E-state index in [0.717, 1.165) is 16.2 Å². The number of benzene rings is 4. The molecule has 2 heterocycles. The van der Waals surface area contributed by atoms with Crippen molar-refractivity contribution in [3.63, 3.8) is 0 Å². The van der Waals surface area contributed by atoms with Crippen LogP contribution >= 0.6 is 0 Å². The predicted molar refractivity (Wildman–Crippen MR) is 168 cm³/mol. The number of carbonyl (C=O) groups is 2. The Labute approximate surface area is 259 Å². The van der Waals surface area contributed by atoms with Crippen molar-refractivity contribution in [2.75, 3.05) is 0 Å². The SMILES string of the molecule is CC1=C(C#N)C(=O)N(Cc2ccccc2)C(=O)/C1=C/c1cn(-c2ccccc2)nc1-c1cccc(OCc2ccccc2F)c1. The number of amides is 2. The number of carbonyl (C=O) groups excluding carboxylic acids is 2. The largest absolute Gasteiger partial charge is 0.489 e. The smallest absolute Gasteiger partial charge is 0.271 e. The molecule has 0 aliphatic carbocycles. The second kappa shape index (κ2) is 12.7. The van der Waals surface area contributed by atoms with Crippen molar-refractivity contribution >= 4 is 17.9 Å². The highest BCUT2D eigenvalue weighted by Crippen LogP contribution is 2.33. The van der Waals surface area contributed by atoms with Crippen LogP contribution in [-0.4, -0.2) is 26.5 Å². The van der Waals surface area contributed by atoms with E-state index in [0.29, 0.717) is 33.7 Å². The third-order valence-electron chi connectivity index (χ3n) is 7.53. The summed E-state index contributed by atoms with van der Waals surface area (Å²) in [4.78, 5) is 28.2. The Morgan fingerprint density at radius 2 is 1.60 bits per heavy atom. The molecule has 1 aliphatic heterocycles. The minimum Gasteiger partial charge on any atom is -0.489 e. The molecule has 0 saturated carbocycles. The molecule has 7 nitrogen and oxygen atoms in total. The lowest BCUT2D eigenvalue weighted by molar-refractivity contribution is -0.141. The Morgan fingerprint density at radius 1 is 0.889 bits per heavy atom. The summed E-state index contributed by atoms with van der Waals surface area (Å²) in [5.74, 6) is -0.956. The van der Waals surface area contributed by atoms with Crippen LogP contribution in [0.2, 0.25) is 0 Å². The summed E-state index contributed by atoms with van der Waals surface area (Å²) < 4.78 is 21.8. The van der Waals surface area contributed by atoms with Gasteiger partial charge in [-0.1, -0.05) is 78.9 Å². The average Bonchev–Trinajstić information content (AvgIpc) is 3.50. The van der Waals surface area contributed by atoms with Gasteiger partial charge in [-0.05, 0) is 54.5 Å². The van der Waals surface area contributed by atoms with Gasteiger partial charge in [-0.15, -0.1) is 0 Å². The Bertz CT molecular complexity index is 2010. The summed E-state index contributed by atoms with van der Waals surface area (Å²) in [6, 6.07) is 34.4. The zero-order chi connectivity index (χ0) is 31.3. The Kier molecular flexibility index (Phi) is 8.16. The predicted octanol–water partition coefficient (Wildman–Crippen LogP) is 7.05. The topological polar surface area (TPSA) is 88.2 Å². The van der Waals surface area contributed by atoms with Gasteiger partial charge in [-0.2, -0.15) is 10.4 Å². The number of hydrogen-bond donors (Lipinski definition) is 0. The van der Waals surface area contributed by atoms with E-state index >= 15 is 0 Å². The normalized spacial score (nSPS) is 14.2. The first-order valence-electron chi connectivity index (χ1n) is 14.3. The lowest BCUT2D eigenvalue weighted by atomic mass is 9.93. The molecule has 0 spiro atoms. The second-order valence-electron chi connectivity index (χ2n) is 10.5. The van der Waals surface area contributed by atoms with E-state index in [2.05, 4.69) is 0 Å². The molecule has 0 N–H and O–H groups in total. The Balaban J connectivity index is 1.42. The summed E-state index contributed by atoms with van der Waals surface area (Å²) in [5, 5.41) is 14.8. The molecule has 2 amide bonds. The molecule has 5 aromatic rings. The first-order chi connectivity index (χ1) is 21.9. The van der Waals surface area contributed by atoms with Crippen molar-refractivity contribution in [1.29, 1.82) is 5.26 Å². The third-order valence-corrected chi connectivity index (χ3v) is 7.53. The van der Waals surface area contributed by atoms with Crippen molar-refractivity contribution in [3.05, 3.63) is 155 Å². The molecule has 8 heteroatoms. The van der Waals surface area contributed by atoms with Crippen LogP contribution in [0.4, 0.5) is 4.39 Å². The van der Waals surface area contributed by atoms with Gasteiger partial charge < -0.3 is 4.74 Å². The van der Waals surface area contributed by atoms with E-state index in [4.69, 9.17) is 9.84 Å². The molecule has 220 valence electrons. The van der Waals surface area contributed by atoms with Crippen LogP contribution in [0.1, 0.15) is 23.6 Å². The number of halogens is 1. The maximum absolute atomic E-state index is 14.2. The average molecular weight is 595 g/mol. The molecule has 6 rings (SSSR count). The second-order valence-corrected chi connectivity index (χ2v) is 10.5. The van der Waals surface area contributed by atoms with E-state index in [1.807, 2.05) is 78.9 Å². The molecule has 0 saturated heterocycles. The van der Waals surface area contributed by atoms with Gasteiger partial charge in [0.1, 0.15) is 35.5 Å². The van der Waals surface area contributed by atoms with Crippen LogP contribution in [0.25, 0.3) is 23.0 Å². The number of nitrogens with zero attached hydrogens (tertiary/aromatic N) is 4. The molecule has 0 bridgehead atoms. The van der Waals surface area contributed by atoms with Gasteiger partial charge in [-0.25, -0.2) is 9.07 Å². The summed E-state index contributed by atoms with van der Waals surface area (Å²) in [6.45, 7) is 1.69. The van der Waals surface area contributed by atoms with Crippen LogP contribution in [0.15, 0.2) is 132 Å². The first-order valence-corrected chi connectivity index (χ1v) is 14.3. The maximum Gasteiger partial charge on any atom is 0.271 e.